The Morgan fingerprint density at radius 1 is 1.41 bits per heavy atom. The number of hydrogen-bond acceptors (Lipinski definition) is 3. The van der Waals surface area contributed by atoms with Crippen molar-refractivity contribution < 1.29 is 22.7 Å². The molecule has 0 heterocycles. The highest BCUT2D eigenvalue weighted by Crippen LogP contribution is 2.36. The number of methoxy groups -OCH3 is 1. The summed E-state index contributed by atoms with van der Waals surface area (Å²) in [6.45, 7) is 0. The molecule has 0 amide bonds. The summed E-state index contributed by atoms with van der Waals surface area (Å²) >= 11 is 5.81. The van der Waals surface area contributed by atoms with Gasteiger partial charge in [-0.1, -0.05) is 23.4 Å². The average Bonchev–Trinajstić information content (AvgIpc) is 2.30. The molecule has 0 saturated carbocycles. The maximum absolute atomic E-state index is 13.3. The number of carbonyl (C=O) groups excluding carboxylic acids is 1. The summed E-state index contributed by atoms with van der Waals surface area (Å²) in [7, 11) is 0.774. The van der Waals surface area contributed by atoms with Crippen LogP contribution in [0.3, 0.4) is 0 Å². The van der Waals surface area contributed by atoms with Gasteiger partial charge in [0.25, 0.3) is 0 Å². The number of carbonyl (C=O) groups is 1. The summed E-state index contributed by atoms with van der Waals surface area (Å²) in [6, 6.07) is 5.64. The lowest BCUT2D eigenvalue weighted by molar-refractivity contribution is -0.172. The molecule has 0 bridgehead atoms. The minimum Gasteiger partial charge on any atom is -0.464 e. The van der Waals surface area contributed by atoms with Crippen molar-refractivity contribution in [2.45, 2.75) is 16.3 Å². The van der Waals surface area contributed by atoms with Crippen LogP contribution in [-0.2, 0) is 9.53 Å². The fourth-order valence-corrected chi connectivity index (χ4v) is 1.84. The normalized spacial score (nSPS) is 13.2. The Balaban J connectivity index is 2.75. The zero-order chi connectivity index (χ0) is 13.1. The Morgan fingerprint density at radius 2 is 1.94 bits per heavy atom. The van der Waals surface area contributed by atoms with E-state index in [4.69, 9.17) is 11.6 Å². The van der Waals surface area contributed by atoms with Crippen LogP contribution in [-0.4, -0.2) is 24.5 Å². The van der Waals surface area contributed by atoms with Crippen LogP contribution in [0, 0.1) is 0 Å². The van der Waals surface area contributed by atoms with E-state index < -0.39 is 17.4 Å². The van der Waals surface area contributed by atoms with Gasteiger partial charge < -0.3 is 4.74 Å². The average molecular weight is 285 g/mol. The van der Waals surface area contributed by atoms with Crippen LogP contribution in [0.1, 0.15) is 0 Å². The Labute approximate surface area is 105 Å². The van der Waals surface area contributed by atoms with Gasteiger partial charge in [-0.2, -0.15) is 8.78 Å². The minimum atomic E-state index is -4.18. The highest BCUT2D eigenvalue weighted by Gasteiger charge is 2.50. The summed E-state index contributed by atoms with van der Waals surface area (Å²) < 4.78 is 43.3. The summed E-state index contributed by atoms with van der Waals surface area (Å²) in [5.41, 5.74) is -2.71. The smallest absolute Gasteiger partial charge is 0.382 e. The van der Waals surface area contributed by atoms with E-state index in [1.165, 1.54) is 24.3 Å². The van der Waals surface area contributed by atoms with Gasteiger partial charge in [0.15, 0.2) is 0 Å². The van der Waals surface area contributed by atoms with Crippen molar-refractivity contribution in [3.63, 3.8) is 0 Å². The molecule has 0 aliphatic heterocycles. The van der Waals surface area contributed by atoms with Gasteiger partial charge in [-0.3, -0.25) is 0 Å². The summed E-state index contributed by atoms with van der Waals surface area (Å²) in [5, 5.41) is 0.407. The molecule has 1 aromatic rings. The predicted molar refractivity (Wildman–Crippen MR) is 59.2 cm³/mol. The largest absolute Gasteiger partial charge is 0.464 e. The van der Waals surface area contributed by atoms with Crippen molar-refractivity contribution in [1.82, 2.24) is 0 Å². The maximum atomic E-state index is 13.3. The summed E-state index contributed by atoms with van der Waals surface area (Å²) in [4.78, 5) is 10.9. The van der Waals surface area contributed by atoms with Crippen molar-refractivity contribution in [3.8, 4) is 0 Å². The van der Waals surface area contributed by atoms with Crippen LogP contribution >= 0.6 is 23.4 Å². The van der Waals surface area contributed by atoms with E-state index in [0.29, 0.717) is 5.02 Å². The molecule has 1 unspecified atom stereocenters. The van der Waals surface area contributed by atoms with Crippen LogP contribution in [0.2, 0.25) is 5.02 Å². The predicted octanol–water partition coefficient (Wildman–Crippen LogP) is 3.54. The van der Waals surface area contributed by atoms with E-state index in [0.717, 1.165) is 7.11 Å². The Morgan fingerprint density at radius 3 is 2.41 bits per heavy atom. The van der Waals surface area contributed by atoms with E-state index in [1.54, 1.807) is 0 Å². The molecule has 7 heteroatoms. The second-order valence-corrected chi connectivity index (χ2v) is 4.56. The second kappa shape index (κ2) is 5.64. The molecule has 0 N–H and O–H groups in total. The van der Waals surface area contributed by atoms with E-state index in [9.17, 15) is 18.0 Å². The number of benzene rings is 1. The van der Waals surface area contributed by atoms with Gasteiger partial charge in [0.2, 0.25) is 5.50 Å². The first-order valence-corrected chi connectivity index (χ1v) is 5.66. The van der Waals surface area contributed by atoms with Crippen LogP contribution in [0.15, 0.2) is 29.2 Å². The van der Waals surface area contributed by atoms with Gasteiger partial charge in [0.05, 0.1) is 7.11 Å². The molecule has 0 saturated heterocycles. The summed E-state index contributed by atoms with van der Waals surface area (Å²) in [6.07, 6.45) is 0. The van der Waals surface area contributed by atoms with Crippen molar-refractivity contribution in [1.29, 1.82) is 0 Å². The third-order valence-corrected chi connectivity index (χ3v) is 3.10. The molecular weight excluding hydrogens is 277 g/mol. The lowest BCUT2D eigenvalue weighted by Gasteiger charge is -2.17. The van der Waals surface area contributed by atoms with Gasteiger partial charge in [-0.15, -0.1) is 0 Å². The zero-order valence-electron chi connectivity index (χ0n) is 8.62. The van der Waals surface area contributed by atoms with Crippen LogP contribution < -0.4 is 0 Å². The molecule has 0 spiro atoms. The van der Waals surface area contributed by atoms with Crippen molar-refractivity contribution in [3.05, 3.63) is 29.3 Å². The van der Waals surface area contributed by atoms with Crippen molar-refractivity contribution >= 4 is 29.3 Å². The van der Waals surface area contributed by atoms with Gasteiger partial charge in [0.1, 0.15) is 0 Å². The molecule has 0 fully saturated rings. The fraction of sp³-hybridized carbons (Fsp3) is 0.300. The molecule has 2 nitrogen and oxygen atoms in total. The van der Waals surface area contributed by atoms with E-state index in [2.05, 4.69) is 4.74 Å². The lowest BCUT2D eigenvalue weighted by Crippen LogP contribution is -2.38. The first-order chi connectivity index (χ1) is 7.87. The Kier molecular flexibility index (Phi) is 4.70. The molecule has 1 rings (SSSR count). The Hall–Kier alpha value is -0.880. The number of hydrogen-bond donors (Lipinski definition) is 0. The molecule has 1 aromatic carbocycles. The third kappa shape index (κ3) is 3.54. The van der Waals surface area contributed by atoms with Gasteiger partial charge in [0, 0.05) is 9.92 Å². The third-order valence-electron chi connectivity index (χ3n) is 1.80. The van der Waals surface area contributed by atoms with Crippen LogP contribution in [0.5, 0.6) is 0 Å². The molecule has 0 aliphatic carbocycles. The molecule has 0 aromatic heterocycles. The molecule has 1 atom stereocenters. The minimum absolute atomic E-state index is 0.227. The SMILES string of the molecule is COC(=O)C(F)(F)C(F)Sc1ccc(Cl)cc1. The van der Waals surface area contributed by atoms with Gasteiger partial charge in [-0.25, -0.2) is 9.18 Å². The molecular formula is C10H8ClF3O2S. The number of thioether (sulfide) groups is 1. The van der Waals surface area contributed by atoms with Crippen molar-refractivity contribution in [2.24, 2.45) is 0 Å². The maximum Gasteiger partial charge on any atom is 0.382 e. The highest BCUT2D eigenvalue weighted by molar-refractivity contribution is 7.99. The van der Waals surface area contributed by atoms with E-state index >= 15 is 0 Å². The van der Waals surface area contributed by atoms with Crippen LogP contribution in [0.4, 0.5) is 13.2 Å². The highest BCUT2D eigenvalue weighted by atomic mass is 35.5. The first kappa shape index (κ1) is 14.2. The number of alkyl halides is 3. The molecule has 94 valence electrons. The second-order valence-electron chi connectivity index (χ2n) is 3.00. The Bertz CT molecular complexity index is 397. The van der Waals surface area contributed by atoms with E-state index in [-0.39, 0.29) is 16.7 Å². The number of rotatable bonds is 4. The molecule has 0 radical (unpaired) electrons. The number of ether oxygens (including phenoxy) is 1. The van der Waals surface area contributed by atoms with Gasteiger partial charge in [-0.05, 0) is 24.3 Å². The summed E-state index contributed by atoms with van der Waals surface area (Å²) in [5.74, 6) is -6.08. The molecule has 0 aliphatic rings. The first-order valence-electron chi connectivity index (χ1n) is 4.40. The molecule has 17 heavy (non-hydrogen) atoms. The topological polar surface area (TPSA) is 26.3 Å². The quantitative estimate of drug-likeness (QED) is 0.625. The fourth-order valence-electron chi connectivity index (χ4n) is 0.935. The van der Waals surface area contributed by atoms with Gasteiger partial charge >= 0.3 is 11.9 Å². The number of esters is 1. The lowest BCUT2D eigenvalue weighted by atomic mass is 10.4. The van der Waals surface area contributed by atoms with E-state index in [1.807, 2.05) is 0 Å². The van der Waals surface area contributed by atoms with Crippen molar-refractivity contribution in [2.75, 3.05) is 7.11 Å². The van der Waals surface area contributed by atoms with Crippen LogP contribution in [0.25, 0.3) is 0 Å². The standard InChI is InChI=1S/C10H8ClF3O2S/c1-16-9(15)10(13,14)8(12)17-7-4-2-6(11)3-5-7/h2-5,8H,1H3. The zero-order valence-corrected chi connectivity index (χ0v) is 10.2. The monoisotopic (exact) mass is 284 g/mol. The number of halogens is 4.